The Labute approximate surface area is 157 Å². The number of nitrogens with one attached hydrogen (secondary N) is 1. The van der Waals surface area contributed by atoms with Crippen LogP contribution in [-0.4, -0.2) is 24.7 Å². The highest BCUT2D eigenvalue weighted by Gasteiger charge is 2.60. The molecule has 134 valence electrons. The number of hydrogen-bond acceptors (Lipinski definition) is 3. The third-order valence-electron chi connectivity index (χ3n) is 4.76. The predicted octanol–water partition coefficient (Wildman–Crippen LogP) is 3.96. The van der Waals surface area contributed by atoms with Gasteiger partial charge in [-0.25, -0.2) is 13.8 Å². The molecular formula is C19H15BrF2N2O2. The Balaban J connectivity index is 1.70. The molecule has 1 amide bonds. The van der Waals surface area contributed by atoms with E-state index in [1.54, 1.807) is 36.4 Å². The molecule has 2 aromatic rings. The number of hydrogen-bond donors (Lipinski definition) is 1. The molecule has 0 unspecified atom stereocenters. The minimum absolute atomic E-state index is 0.0744. The van der Waals surface area contributed by atoms with Crippen molar-refractivity contribution < 1.29 is 18.3 Å². The summed E-state index contributed by atoms with van der Waals surface area (Å²) in [6.45, 7) is -0.879. The Hall–Kier alpha value is -2.28. The SMILES string of the molecule is O=C(NC1=N[C@](CF)(c2cc(Br)ccc2F)[C@H]2C[C@H]2O1)c1ccccc1. The van der Waals surface area contributed by atoms with Crippen LogP contribution in [0.3, 0.4) is 0 Å². The first kappa shape index (κ1) is 17.1. The Morgan fingerprint density at radius 3 is 2.81 bits per heavy atom. The van der Waals surface area contributed by atoms with Crippen LogP contribution < -0.4 is 5.32 Å². The summed E-state index contributed by atoms with van der Waals surface area (Å²) in [5.74, 6) is -1.20. The van der Waals surface area contributed by atoms with Crippen LogP contribution >= 0.6 is 15.9 Å². The lowest BCUT2D eigenvalue weighted by atomic mass is 9.85. The quantitative estimate of drug-likeness (QED) is 0.816. The van der Waals surface area contributed by atoms with Crippen LogP contribution in [0, 0.1) is 11.7 Å². The fourth-order valence-electron chi connectivity index (χ4n) is 3.34. The van der Waals surface area contributed by atoms with E-state index in [1.165, 1.54) is 12.1 Å². The molecule has 0 radical (unpaired) electrons. The maximum atomic E-state index is 14.4. The zero-order chi connectivity index (χ0) is 18.3. The number of amidine groups is 1. The van der Waals surface area contributed by atoms with Crippen molar-refractivity contribution in [1.29, 1.82) is 0 Å². The number of rotatable bonds is 3. The van der Waals surface area contributed by atoms with E-state index < -0.39 is 23.9 Å². The summed E-state index contributed by atoms with van der Waals surface area (Å²) in [5.41, 5.74) is -0.802. The summed E-state index contributed by atoms with van der Waals surface area (Å²) in [6.07, 6.45) is 0.275. The molecule has 1 heterocycles. The van der Waals surface area contributed by atoms with Gasteiger partial charge in [-0.05, 0) is 36.8 Å². The molecule has 0 saturated heterocycles. The van der Waals surface area contributed by atoms with Crippen LogP contribution in [0.5, 0.6) is 0 Å². The van der Waals surface area contributed by atoms with Crippen LogP contribution in [0.15, 0.2) is 58.0 Å². The number of carbonyl (C=O) groups excluding carboxylic acids is 1. The summed E-state index contributed by atoms with van der Waals surface area (Å²) in [7, 11) is 0. The van der Waals surface area contributed by atoms with Gasteiger partial charge in [-0.1, -0.05) is 34.1 Å². The fraction of sp³-hybridized carbons (Fsp3) is 0.263. The van der Waals surface area contributed by atoms with Gasteiger partial charge in [-0.2, -0.15) is 0 Å². The number of aliphatic imine (C=N–C) groups is 1. The average Bonchev–Trinajstić information content (AvgIpc) is 3.44. The number of ether oxygens (including phenoxy) is 1. The Morgan fingerprint density at radius 1 is 1.31 bits per heavy atom. The number of alkyl halides is 1. The lowest BCUT2D eigenvalue weighted by molar-refractivity contribution is 0.0950. The van der Waals surface area contributed by atoms with Gasteiger partial charge in [0.05, 0.1) is 0 Å². The second-order valence-electron chi connectivity index (χ2n) is 6.42. The van der Waals surface area contributed by atoms with Gasteiger partial charge in [0, 0.05) is 21.5 Å². The number of nitrogens with zero attached hydrogens (tertiary/aromatic N) is 1. The molecule has 1 aliphatic heterocycles. The topological polar surface area (TPSA) is 50.7 Å². The van der Waals surface area contributed by atoms with Gasteiger partial charge in [0.2, 0.25) is 0 Å². The highest BCUT2D eigenvalue weighted by molar-refractivity contribution is 9.10. The van der Waals surface area contributed by atoms with E-state index in [9.17, 15) is 13.6 Å². The third kappa shape index (κ3) is 2.90. The van der Waals surface area contributed by atoms with Crippen molar-refractivity contribution >= 4 is 27.9 Å². The normalized spacial score (nSPS) is 26.3. The summed E-state index contributed by atoms with van der Waals surface area (Å²) in [4.78, 5) is 16.7. The van der Waals surface area contributed by atoms with Gasteiger partial charge in [0.25, 0.3) is 11.9 Å². The van der Waals surface area contributed by atoms with Crippen molar-refractivity contribution in [1.82, 2.24) is 5.32 Å². The maximum Gasteiger partial charge on any atom is 0.292 e. The first-order valence-electron chi connectivity index (χ1n) is 8.18. The highest BCUT2D eigenvalue weighted by atomic mass is 79.9. The number of benzene rings is 2. The van der Waals surface area contributed by atoms with Crippen molar-refractivity contribution in [3.8, 4) is 0 Å². The number of amides is 1. The van der Waals surface area contributed by atoms with Crippen molar-refractivity contribution in [2.45, 2.75) is 18.1 Å². The standard InChI is InChI=1S/C19H15BrF2N2O2/c20-12-6-7-15(22)13(8-12)19(10-21)14-9-16(14)26-18(24-19)23-17(25)11-4-2-1-3-5-11/h1-8,14,16H,9-10H2,(H,23,24,25)/t14-,16+,19+/m0/s1. The molecule has 7 heteroatoms. The van der Waals surface area contributed by atoms with Crippen LogP contribution in [0.2, 0.25) is 0 Å². The molecular weight excluding hydrogens is 406 g/mol. The smallest absolute Gasteiger partial charge is 0.292 e. The van der Waals surface area contributed by atoms with Crippen LogP contribution in [0.1, 0.15) is 22.3 Å². The zero-order valence-corrected chi connectivity index (χ0v) is 15.2. The highest BCUT2D eigenvalue weighted by Crippen LogP contribution is 2.54. The molecule has 1 aliphatic carbocycles. The molecule has 0 spiro atoms. The molecule has 1 fully saturated rings. The van der Waals surface area contributed by atoms with E-state index in [0.717, 1.165) is 0 Å². The van der Waals surface area contributed by atoms with E-state index >= 15 is 0 Å². The van der Waals surface area contributed by atoms with E-state index in [4.69, 9.17) is 4.74 Å². The molecule has 26 heavy (non-hydrogen) atoms. The lowest BCUT2D eigenvalue weighted by Crippen LogP contribution is -2.43. The molecule has 0 bridgehead atoms. The van der Waals surface area contributed by atoms with Crippen LogP contribution in [0.25, 0.3) is 0 Å². The Bertz CT molecular complexity index is 890. The first-order chi connectivity index (χ1) is 12.5. The summed E-state index contributed by atoms with van der Waals surface area (Å²) >= 11 is 3.30. The Morgan fingerprint density at radius 2 is 2.08 bits per heavy atom. The number of halogens is 3. The third-order valence-corrected chi connectivity index (χ3v) is 5.26. The van der Waals surface area contributed by atoms with Gasteiger partial charge in [-0.15, -0.1) is 0 Å². The van der Waals surface area contributed by atoms with Gasteiger partial charge < -0.3 is 4.74 Å². The molecule has 2 aromatic carbocycles. The van der Waals surface area contributed by atoms with Gasteiger partial charge in [0.1, 0.15) is 24.1 Å². The first-order valence-corrected chi connectivity index (χ1v) is 8.97. The van der Waals surface area contributed by atoms with E-state index in [0.29, 0.717) is 16.5 Å². The summed E-state index contributed by atoms with van der Waals surface area (Å²) in [6, 6.07) is 12.9. The number of fused-ring (bicyclic) bond motifs is 1. The molecule has 3 atom stereocenters. The van der Waals surface area contributed by atoms with Gasteiger partial charge in [-0.3, -0.25) is 10.1 Å². The van der Waals surface area contributed by atoms with E-state index in [2.05, 4.69) is 26.2 Å². The second kappa shape index (κ2) is 6.46. The number of carbonyl (C=O) groups is 1. The average molecular weight is 421 g/mol. The second-order valence-corrected chi connectivity index (χ2v) is 7.33. The van der Waals surface area contributed by atoms with E-state index in [1.807, 2.05) is 0 Å². The van der Waals surface area contributed by atoms with Gasteiger partial charge in [0.15, 0.2) is 0 Å². The van der Waals surface area contributed by atoms with Crippen LogP contribution in [0.4, 0.5) is 8.78 Å². The minimum Gasteiger partial charge on any atom is -0.461 e. The van der Waals surface area contributed by atoms with E-state index in [-0.39, 0.29) is 23.6 Å². The molecule has 1 N–H and O–H groups in total. The molecule has 0 aromatic heterocycles. The summed E-state index contributed by atoms with van der Waals surface area (Å²) in [5, 5.41) is 2.57. The van der Waals surface area contributed by atoms with Crippen LogP contribution in [-0.2, 0) is 10.3 Å². The van der Waals surface area contributed by atoms with Crippen molar-refractivity contribution in [2.24, 2.45) is 10.9 Å². The van der Waals surface area contributed by atoms with Crippen molar-refractivity contribution in [3.05, 3.63) is 69.9 Å². The Kier molecular flexibility index (Phi) is 4.26. The fourth-order valence-corrected chi connectivity index (χ4v) is 3.71. The zero-order valence-electron chi connectivity index (χ0n) is 13.6. The largest absolute Gasteiger partial charge is 0.461 e. The van der Waals surface area contributed by atoms with Gasteiger partial charge >= 0.3 is 0 Å². The maximum absolute atomic E-state index is 14.4. The van der Waals surface area contributed by atoms with Crippen molar-refractivity contribution in [2.75, 3.05) is 6.67 Å². The van der Waals surface area contributed by atoms with Crippen molar-refractivity contribution in [3.63, 3.8) is 0 Å². The lowest BCUT2D eigenvalue weighted by Gasteiger charge is -2.32. The molecule has 2 aliphatic rings. The molecule has 4 nitrogen and oxygen atoms in total. The minimum atomic E-state index is -1.39. The molecule has 1 saturated carbocycles. The summed E-state index contributed by atoms with van der Waals surface area (Å²) < 4.78 is 34.9. The monoisotopic (exact) mass is 420 g/mol. The predicted molar refractivity (Wildman–Crippen MR) is 96.1 cm³/mol. The molecule has 4 rings (SSSR count).